The molecule has 2 fully saturated rings. The summed E-state index contributed by atoms with van der Waals surface area (Å²) in [5.41, 5.74) is 0. The molecule has 23 heavy (non-hydrogen) atoms. The molecular weight excluding hydrogens is 296 g/mol. The summed E-state index contributed by atoms with van der Waals surface area (Å²) in [6.45, 7) is 4.50. The molecule has 2 atom stereocenters. The van der Waals surface area contributed by atoms with Crippen molar-refractivity contribution in [2.75, 3.05) is 20.1 Å². The molecule has 2 unspecified atom stereocenters. The van der Waals surface area contributed by atoms with Gasteiger partial charge in [-0.05, 0) is 31.6 Å². The summed E-state index contributed by atoms with van der Waals surface area (Å²) < 4.78 is 0. The Morgan fingerprint density at radius 2 is 1.91 bits per heavy atom. The Balaban J connectivity index is 1.91. The van der Waals surface area contributed by atoms with Crippen LogP contribution >= 0.6 is 0 Å². The van der Waals surface area contributed by atoms with Gasteiger partial charge in [0.25, 0.3) is 0 Å². The number of carboxylic acid groups (broad SMARTS) is 1. The van der Waals surface area contributed by atoms with Crippen LogP contribution in [0.2, 0.25) is 0 Å². The van der Waals surface area contributed by atoms with Gasteiger partial charge in [-0.1, -0.05) is 13.8 Å². The number of carboxylic acids is 1. The molecule has 0 aromatic heterocycles. The number of likely N-dealkylation sites (tertiary alicyclic amines) is 1. The van der Waals surface area contributed by atoms with Gasteiger partial charge in [-0.3, -0.25) is 14.4 Å². The van der Waals surface area contributed by atoms with Crippen LogP contribution in [0, 0.1) is 17.8 Å². The van der Waals surface area contributed by atoms with Crippen LogP contribution in [0.1, 0.15) is 46.0 Å². The zero-order valence-electron chi connectivity index (χ0n) is 14.3. The normalized spacial score (nSPS) is 29.4. The van der Waals surface area contributed by atoms with Crippen LogP contribution in [0.3, 0.4) is 0 Å². The maximum absolute atomic E-state index is 12.5. The zero-order valence-corrected chi connectivity index (χ0v) is 14.3. The summed E-state index contributed by atoms with van der Waals surface area (Å²) in [4.78, 5) is 39.0. The van der Waals surface area contributed by atoms with Crippen molar-refractivity contribution >= 4 is 17.8 Å². The molecule has 1 aliphatic heterocycles. The Labute approximate surface area is 137 Å². The van der Waals surface area contributed by atoms with Crippen molar-refractivity contribution in [2.24, 2.45) is 17.8 Å². The summed E-state index contributed by atoms with van der Waals surface area (Å²) in [7, 11) is 1.62. The van der Waals surface area contributed by atoms with Crippen LogP contribution < -0.4 is 0 Å². The number of rotatable bonds is 5. The van der Waals surface area contributed by atoms with Crippen molar-refractivity contribution in [1.29, 1.82) is 0 Å². The van der Waals surface area contributed by atoms with Gasteiger partial charge in [0.05, 0.1) is 11.8 Å². The average Bonchev–Trinajstić information content (AvgIpc) is 2.89. The second-order valence-electron chi connectivity index (χ2n) is 7.32. The van der Waals surface area contributed by atoms with E-state index in [2.05, 4.69) is 6.92 Å². The van der Waals surface area contributed by atoms with Gasteiger partial charge in [-0.2, -0.15) is 0 Å². The Morgan fingerprint density at radius 1 is 1.30 bits per heavy atom. The van der Waals surface area contributed by atoms with Gasteiger partial charge in [0.1, 0.15) is 0 Å². The third-order valence-electron chi connectivity index (χ3n) is 5.28. The van der Waals surface area contributed by atoms with Crippen LogP contribution in [0.4, 0.5) is 0 Å². The van der Waals surface area contributed by atoms with Crippen LogP contribution in [-0.4, -0.2) is 58.9 Å². The van der Waals surface area contributed by atoms with E-state index in [0.29, 0.717) is 6.54 Å². The number of carbonyl (C=O) groups excluding carboxylic acids is 2. The number of amides is 2. The second-order valence-corrected chi connectivity index (χ2v) is 7.32. The molecule has 130 valence electrons. The van der Waals surface area contributed by atoms with Gasteiger partial charge in [-0.25, -0.2) is 0 Å². The van der Waals surface area contributed by atoms with E-state index in [1.165, 1.54) is 4.90 Å². The molecule has 0 radical (unpaired) electrons. The molecule has 0 spiro atoms. The first-order chi connectivity index (χ1) is 10.8. The third-order valence-corrected chi connectivity index (χ3v) is 5.28. The molecule has 1 aliphatic carbocycles. The average molecular weight is 324 g/mol. The SMILES string of the molecule is CC1CCC(N2CC(C(=O)N(C)CC(C)C(=O)O)CC2=O)CC1. The van der Waals surface area contributed by atoms with Crippen molar-refractivity contribution < 1.29 is 19.5 Å². The number of nitrogens with zero attached hydrogens (tertiary/aromatic N) is 2. The van der Waals surface area contributed by atoms with E-state index >= 15 is 0 Å². The maximum Gasteiger partial charge on any atom is 0.308 e. The van der Waals surface area contributed by atoms with Gasteiger partial charge in [0, 0.05) is 32.6 Å². The molecule has 1 N–H and O–H groups in total. The van der Waals surface area contributed by atoms with E-state index in [-0.39, 0.29) is 36.7 Å². The quantitative estimate of drug-likeness (QED) is 0.833. The van der Waals surface area contributed by atoms with Crippen LogP contribution in [0.15, 0.2) is 0 Å². The molecule has 2 amide bonds. The van der Waals surface area contributed by atoms with E-state index in [1.54, 1.807) is 14.0 Å². The molecule has 0 bridgehead atoms. The lowest BCUT2D eigenvalue weighted by molar-refractivity contribution is -0.143. The number of carbonyl (C=O) groups is 3. The molecule has 0 aromatic rings. The van der Waals surface area contributed by atoms with Gasteiger partial charge >= 0.3 is 5.97 Å². The lowest BCUT2D eigenvalue weighted by Crippen LogP contribution is -2.41. The molecule has 6 nitrogen and oxygen atoms in total. The minimum Gasteiger partial charge on any atom is -0.481 e. The van der Waals surface area contributed by atoms with Gasteiger partial charge in [0.15, 0.2) is 0 Å². The maximum atomic E-state index is 12.5. The van der Waals surface area contributed by atoms with Crippen LogP contribution in [0.25, 0.3) is 0 Å². The first kappa shape index (κ1) is 17.8. The lowest BCUT2D eigenvalue weighted by atomic mass is 9.86. The van der Waals surface area contributed by atoms with Gasteiger partial charge in [-0.15, -0.1) is 0 Å². The Bertz CT molecular complexity index is 471. The van der Waals surface area contributed by atoms with E-state index in [1.807, 2.05) is 4.90 Å². The molecule has 6 heteroatoms. The molecule has 1 saturated carbocycles. The third kappa shape index (κ3) is 4.24. The molecule has 1 saturated heterocycles. The van der Waals surface area contributed by atoms with Crippen molar-refractivity contribution in [3.05, 3.63) is 0 Å². The summed E-state index contributed by atoms with van der Waals surface area (Å²) in [5, 5.41) is 8.95. The van der Waals surface area contributed by atoms with E-state index in [0.717, 1.165) is 31.6 Å². The van der Waals surface area contributed by atoms with Crippen molar-refractivity contribution in [1.82, 2.24) is 9.80 Å². The number of hydrogen-bond donors (Lipinski definition) is 1. The van der Waals surface area contributed by atoms with Crippen LogP contribution in [-0.2, 0) is 14.4 Å². The Hall–Kier alpha value is -1.59. The Morgan fingerprint density at radius 3 is 2.48 bits per heavy atom. The zero-order chi connectivity index (χ0) is 17.1. The van der Waals surface area contributed by atoms with Gasteiger partial charge in [0.2, 0.25) is 11.8 Å². The highest BCUT2D eigenvalue weighted by Crippen LogP contribution is 2.31. The van der Waals surface area contributed by atoms with E-state index in [9.17, 15) is 14.4 Å². The minimum absolute atomic E-state index is 0.0718. The second kappa shape index (κ2) is 7.32. The van der Waals surface area contributed by atoms with Crippen molar-refractivity contribution in [3.63, 3.8) is 0 Å². The van der Waals surface area contributed by atoms with E-state index in [4.69, 9.17) is 5.11 Å². The fraction of sp³-hybridized carbons (Fsp3) is 0.824. The number of aliphatic carboxylic acids is 1. The smallest absolute Gasteiger partial charge is 0.308 e. The summed E-state index contributed by atoms with van der Waals surface area (Å²) in [6.07, 6.45) is 4.60. The van der Waals surface area contributed by atoms with Crippen molar-refractivity contribution in [2.45, 2.75) is 52.0 Å². The molecular formula is C17H28N2O4. The highest BCUT2D eigenvalue weighted by atomic mass is 16.4. The van der Waals surface area contributed by atoms with Crippen molar-refractivity contribution in [3.8, 4) is 0 Å². The minimum atomic E-state index is -0.912. The number of hydrogen-bond acceptors (Lipinski definition) is 3. The van der Waals surface area contributed by atoms with Gasteiger partial charge < -0.3 is 14.9 Å². The summed E-state index contributed by atoms with van der Waals surface area (Å²) in [5.74, 6) is -1.15. The Kier molecular flexibility index (Phi) is 5.65. The summed E-state index contributed by atoms with van der Waals surface area (Å²) in [6, 6.07) is 0.278. The molecule has 2 aliphatic rings. The fourth-order valence-corrected chi connectivity index (χ4v) is 3.69. The topological polar surface area (TPSA) is 77.9 Å². The predicted octanol–water partition coefficient (Wildman–Crippen LogP) is 1.59. The summed E-state index contributed by atoms with van der Waals surface area (Å²) >= 11 is 0. The molecule has 0 aromatic carbocycles. The van der Waals surface area contributed by atoms with E-state index < -0.39 is 11.9 Å². The first-order valence-corrected chi connectivity index (χ1v) is 8.56. The fourth-order valence-electron chi connectivity index (χ4n) is 3.69. The highest BCUT2D eigenvalue weighted by molar-refractivity contribution is 5.89. The molecule has 2 rings (SSSR count). The molecule has 1 heterocycles. The highest BCUT2D eigenvalue weighted by Gasteiger charge is 2.39. The lowest BCUT2D eigenvalue weighted by Gasteiger charge is -2.33. The standard InChI is InChI=1S/C17H28N2O4/c1-11-4-6-14(7-5-11)19-10-13(8-15(19)20)16(21)18(3)9-12(2)17(22)23/h11-14H,4-10H2,1-3H3,(H,22,23). The first-order valence-electron chi connectivity index (χ1n) is 8.56. The monoisotopic (exact) mass is 324 g/mol. The predicted molar refractivity (Wildman–Crippen MR) is 85.7 cm³/mol. The largest absolute Gasteiger partial charge is 0.481 e. The van der Waals surface area contributed by atoms with Crippen LogP contribution in [0.5, 0.6) is 0 Å².